The third-order valence-electron chi connectivity index (χ3n) is 2.50. The maximum atomic E-state index is 11.6. The molecule has 1 aromatic heterocycles. The van der Waals surface area contributed by atoms with Crippen molar-refractivity contribution in [1.29, 1.82) is 0 Å². The average molecular weight is 257 g/mol. The summed E-state index contributed by atoms with van der Waals surface area (Å²) in [4.78, 5) is 3.88. The first-order valence-electron chi connectivity index (χ1n) is 5.65. The van der Waals surface area contributed by atoms with E-state index in [0.29, 0.717) is 13.0 Å². The van der Waals surface area contributed by atoms with Crippen LogP contribution in [0.5, 0.6) is 0 Å². The van der Waals surface area contributed by atoms with Crippen molar-refractivity contribution in [2.45, 2.75) is 25.8 Å². The summed E-state index contributed by atoms with van der Waals surface area (Å²) in [5.41, 5.74) is 6.62. The highest BCUT2D eigenvalue weighted by Gasteiger charge is 2.11. The van der Waals surface area contributed by atoms with Gasteiger partial charge in [0.2, 0.25) is 10.0 Å². The second-order valence-electron chi connectivity index (χ2n) is 3.94. The van der Waals surface area contributed by atoms with E-state index in [1.807, 2.05) is 19.1 Å². The van der Waals surface area contributed by atoms with Crippen LogP contribution in [0.3, 0.4) is 0 Å². The van der Waals surface area contributed by atoms with Crippen molar-refractivity contribution in [3.8, 4) is 0 Å². The van der Waals surface area contributed by atoms with Crippen LogP contribution in [-0.4, -0.2) is 31.7 Å². The number of aryl methyl sites for hydroxylation is 1. The Hall–Kier alpha value is -0.980. The summed E-state index contributed by atoms with van der Waals surface area (Å²) < 4.78 is 25.8. The molecule has 0 bridgehead atoms. The lowest BCUT2D eigenvalue weighted by atomic mass is 10.2. The molecule has 0 radical (unpaired) electrons. The second-order valence-corrected chi connectivity index (χ2v) is 5.87. The maximum absolute atomic E-state index is 11.6. The molecule has 6 heteroatoms. The molecule has 0 saturated heterocycles. The van der Waals surface area contributed by atoms with Gasteiger partial charge in [0, 0.05) is 25.0 Å². The lowest BCUT2D eigenvalue weighted by molar-refractivity contribution is 0.563. The predicted octanol–water partition coefficient (Wildman–Crippen LogP) is 0.281. The number of nitrogens with two attached hydrogens (primary N) is 1. The van der Waals surface area contributed by atoms with E-state index in [1.54, 1.807) is 12.4 Å². The Labute approximate surface area is 102 Å². The maximum Gasteiger partial charge on any atom is 0.211 e. The average Bonchev–Trinajstić information content (AvgIpc) is 2.35. The molecule has 3 N–H and O–H groups in total. The Morgan fingerprint density at radius 2 is 2.06 bits per heavy atom. The number of aromatic nitrogens is 1. The van der Waals surface area contributed by atoms with Crippen LogP contribution in [0.15, 0.2) is 24.5 Å². The van der Waals surface area contributed by atoms with Gasteiger partial charge in [0.05, 0.1) is 5.75 Å². The molecule has 1 atom stereocenters. The van der Waals surface area contributed by atoms with Crippen molar-refractivity contribution in [3.05, 3.63) is 30.1 Å². The molecule has 0 aliphatic heterocycles. The minimum absolute atomic E-state index is 0.0768. The summed E-state index contributed by atoms with van der Waals surface area (Å²) in [6, 6.07) is 3.51. The first-order chi connectivity index (χ1) is 8.03. The van der Waals surface area contributed by atoms with E-state index in [0.717, 1.165) is 12.0 Å². The van der Waals surface area contributed by atoms with Crippen molar-refractivity contribution in [3.63, 3.8) is 0 Å². The van der Waals surface area contributed by atoms with Crippen LogP contribution in [0.25, 0.3) is 0 Å². The van der Waals surface area contributed by atoms with E-state index in [-0.39, 0.29) is 11.8 Å². The lowest BCUT2D eigenvalue weighted by Gasteiger charge is -2.10. The zero-order valence-electron chi connectivity index (χ0n) is 9.96. The van der Waals surface area contributed by atoms with Crippen LogP contribution in [0.4, 0.5) is 0 Å². The number of hydrogen-bond donors (Lipinski definition) is 2. The molecule has 0 saturated carbocycles. The van der Waals surface area contributed by atoms with Gasteiger partial charge in [-0.1, -0.05) is 6.92 Å². The first kappa shape index (κ1) is 14.1. The number of pyridine rings is 1. The van der Waals surface area contributed by atoms with Gasteiger partial charge in [-0.15, -0.1) is 0 Å². The summed E-state index contributed by atoms with van der Waals surface area (Å²) in [6.45, 7) is 2.23. The molecule has 5 nitrogen and oxygen atoms in total. The van der Waals surface area contributed by atoms with Gasteiger partial charge in [-0.05, 0) is 30.5 Å². The van der Waals surface area contributed by atoms with Gasteiger partial charge in [0.1, 0.15) is 0 Å². The standard InChI is InChI=1S/C11H19N3O2S/c1-2-11(12)9-14-17(15,16)8-5-10-3-6-13-7-4-10/h3-4,6-7,11,14H,2,5,8-9,12H2,1H3. The van der Waals surface area contributed by atoms with Crippen molar-refractivity contribution in [1.82, 2.24) is 9.71 Å². The van der Waals surface area contributed by atoms with E-state index in [2.05, 4.69) is 9.71 Å². The van der Waals surface area contributed by atoms with E-state index in [9.17, 15) is 8.42 Å². The van der Waals surface area contributed by atoms with Crippen molar-refractivity contribution >= 4 is 10.0 Å². The SMILES string of the molecule is CCC(N)CNS(=O)(=O)CCc1ccncc1. The molecule has 1 unspecified atom stereocenters. The Balaban J connectivity index is 2.40. The first-order valence-corrected chi connectivity index (χ1v) is 7.30. The summed E-state index contributed by atoms with van der Waals surface area (Å²) in [7, 11) is -3.24. The number of sulfonamides is 1. The molecule has 1 aromatic rings. The zero-order valence-corrected chi connectivity index (χ0v) is 10.8. The van der Waals surface area contributed by atoms with Crippen molar-refractivity contribution < 1.29 is 8.42 Å². The van der Waals surface area contributed by atoms with Crippen LogP contribution in [0.1, 0.15) is 18.9 Å². The monoisotopic (exact) mass is 257 g/mol. The normalized spacial score (nSPS) is 13.5. The molecular formula is C11H19N3O2S. The predicted molar refractivity (Wildman–Crippen MR) is 68.0 cm³/mol. The Morgan fingerprint density at radius 3 is 2.65 bits per heavy atom. The van der Waals surface area contributed by atoms with Crippen LogP contribution in [0.2, 0.25) is 0 Å². The van der Waals surface area contributed by atoms with Crippen LogP contribution in [0, 0.1) is 0 Å². The van der Waals surface area contributed by atoms with Crippen LogP contribution in [-0.2, 0) is 16.4 Å². The van der Waals surface area contributed by atoms with Gasteiger partial charge < -0.3 is 5.73 Å². The second kappa shape index (κ2) is 6.68. The molecule has 96 valence electrons. The largest absolute Gasteiger partial charge is 0.327 e. The molecule has 0 aliphatic rings. The van der Waals surface area contributed by atoms with Crippen LogP contribution >= 0.6 is 0 Å². The van der Waals surface area contributed by atoms with E-state index in [1.165, 1.54) is 0 Å². The fraction of sp³-hybridized carbons (Fsp3) is 0.545. The molecule has 0 aliphatic carbocycles. The summed E-state index contributed by atoms with van der Waals surface area (Å²) in [5, 5.41) is 0. The van der Waals surface area contributed by atoms with Gasteiger partial charge in [-0.2, -0.15) is 0 Å². The number of hydrogen-bond acceptors (Lipinski definition) is 4. The van der Waals surface area contributed by atoms with Gasteiger partial charge in [-0.25, -0.2) is 13.1 Å². The third kappa shape index (κ3) is 5.76. The molecule has 0 fully saturated rings. The number of rotatable bonds is 7. The summed E-state index contributed by atoms with van der Waals surface area (Å²) in [5.74, 6) is 0.0768. The van der Waals surface area contributed by atoms with Crippen molar-refractivity contribution in [2.75, 3.05) is 12.3 Å². The molecule has 0 amide bonds. The smallest absolute Gasteiger partial charge is 0.211 e. The topological polar surface area (TPSA) is 85.1 Å². The molecule has 1 rings (SSSR count). The number of nitrogens with zero attached hydrogens (tertiary/aromatic N) is 1. The summed E-state index contributed by atoms with van der Waals surface area (Å²) >= 11 is 0. The van der Waals surface area contributed by atoms with Gasteiger partial charge in [-0.3, -0.25) is 4.98 Å². The minimum Gasteiger partial charge on any atom is -0.327 e. The fourth-order valence-corrected chi connectivity index (χ4v) is 2.37. The highest BCUT2D eigenvalue weighted by molar-refractivity contribution is 7.89. The fourth-order valence-electron chi connectivity index (χ4n) is 1.25. The molecular weight excluding hydrogens is 238 g/mol. The highest BCUT2D eigenvalue weighted by Crippen LogP contribution is 2.00. The van der Waals surface area contributed by atoms with E-state index >= 15 is 0 Å². The van der Waals surface area contributed by atoms with Crippen LogP contribution < -0.4 is 10.5 Å². The molecule has 17 heavy (non-hydrogen) atoms. The molecule has 0 spiro atoms. The Bertz CT molecular complexity index is 420. The van der Waals surface area contributed by atoms with Crippen molar-refractivity contribution in [2.24, 2.45) is 5.73 Å². The van der Waals surface area contributed by atoms with E-state index < -0.39 is 10.0 Å². The highest BCUT2D eigenvalue weighted by atomic mass is 32.2. The van der Waals surface area contributed by atoms with Gasteiger partial charge in [0.25, 0.3) is 0 Å². The van der Waals surface area contributed by atoms with E-state index in [4.69, 9.17) is 5.73 Å². The Morgan fingerprint density at radius 1 is 1.41 bits per heavy atom. The minimum atomic E-state index is -3.24. The molecule has 1 heterocycles. The van der Waals surface area contributed by atoms with Gasteiger partial charge >= 0.3 is 0 Å². The lowest BCUT2D eigenvalue weighted by Crippen LogP contribution is -2.38. The quantitative estimate of drug-likeness (QED) is 0.735. The molecule has 0 aromatic carbocycles. The number of nitrogens with one attached hydrogen (secondary N) is 1. The third-order valence-corrected chi connectivity index (χ3v) is 3.85. The summed E-state index contributed by atoms with van der Waals surface area (Å²) in [6.07, 6.45) is 4.55. The Kier molecular flexibility index (Phi) is 5.54. The zero-order chi connectivity index (χ0) is 12.7. The van der Waals surface area contributed by atoms with Gasteiger partial charge in [0.15, 0.2) is 0 Å².